The van der Waals surface area contributed by atoms with Crippen LogP contribution < -0.4 is 15.8 Å². The highest BCUT2D eigenvalue weighted by molar-refractivity contribution is 5.84. The summed E-state index contributed by atoms with van der Waals surface area (Å²) in [6.07, 6.45) is 0.143. The Morgan fingerprint density at radius 2 is 2.25 bits per heavy atom. The third kappa shape index (κ3) is 3.41. The average Bonchev–Trinajstić information content (AvgIpc) is 2.39. The molecule has 0 heterocycles. The van der Waals surface area contributed by atoms with Gasteiger partial charge >= 0.3 is 5.69 Å². The number of para-hydroxylation sites is 1. The first-order valence-electron chi connectivity index (χ1n) is 5.86. The zero-order valence-electron chi connectivity index (χ0n) is 11.2. The summed E-state index contributed by atoms with van der Waals surface area (Å²) in [4.78, 5) is 21.3. The Balaban J connectivity index is 2.81. The first-order chi connectivity index (χ1) is 9.31. The second-order valence-electron chi connectivity index (χ2n) is 4.39. The van der Waals surface area contributed by atoms with E-state index in [1.165, 1.54) is 6.07 Å². The minimum absolute atomic E-state index is 0.0952. The van der Waals surface area contributed by atoms with Crippen LogP contribution in [-0.2, 0) is 4.79 Å². The minimum Gasteiger partial charge on any atom is -0.485 e. The van der Waals surface area contributed by atoms with Crippen molar-refractivity contribution in [1.82, 2.24) is 5.32 Å². The van der Waals surface area contributed by atoms with Gasteiger partial charge in [-0.1, -0.05) is 6.07 Å². The highest BCUT2D eigenvalue weighted by atomic mass is 19.1. The van der Waals surface area contributed by atoms with Crippen molar-refractivity contribution in [2.24, 2.45) is 5.73 Å². The van der Waals surface area contributed by atoms with Crippen LogP contribution >= 0.6 is 0 Å². The van der Waals surface area contributed by atoms with Crippen LogP contribution in [0.2, 0.25) is 0 Å². The Morgan fingerprint density at radius 1 is 1.60 bits per heavy atom. The van der Waals surface area contributed by atoms with Crippen LogP contribution in [0.4, 0.5) is 10.1 Å². The fourth-order valence-electron chi connectivity index (χ4n) is 1.51. The Bertz CT molecular complexity index is 523. The van der Waals surface area contributed by atoms with Gasteiger partial charge < -0.3 is 15.8 Å². The summed E-state index contributed by atoms with van der Waals surface area (Å²) in [6, 6.07) is 3.43. The first kappa shape index (κ1) is 15.8. The molecule has 1 amide bonds. The number of halogens is 1. The van der Waals surface area contributed by atoms with Crippen LogP contribution in [0.5, 0.6) is 5.75 Å². The van der Waals surface area contributed by atoms with E-state index in [-0.39, 0.29) is 13.0 Å². The summed E-state index contributed by atoms with van der Waals surface area (Å²) in [5.74, 6) is -1.86. The monoisotopic (exact) mass is 285 g/mol. The van der Waals surface area contributed by atoms with Crippen LogP contribution in [0, 0.1) is 15.9 Å². The SMILES string of the molecule is CNC(C)(CCOc1c(F)cccc1[N+](=O)[O-])C(N)=O. The van der Waals surface area contributed by atoms with E-state index in [4.69, 9.17) is 10.5 Å². The lowest BCUT2D eigenvalue weighted by atomic mass is 9.98. The van der Waals surface area contributed by atoms with E-state index < -0.39 is 33.6 Å². The molecule has 0 fully saturated rings. The van der Waals surface area contributed by atoms with E-state index in [0.717, 1.165) is 12.1 Å². The number of benzene rings is 1. The zero-order chi connectivity index (χ0) is 15.3. The molecule has 0 aliphatic heterocycles. The molecular weight excluding hydrogens is 269 g/mol. The van der Waals surface area contributed by atoms with Gasteiger partial charge in [-0.2, -0.15) is 0 Å². The topological polar surface area (TPSA) is 107 Å². The van der Waals surface area contributed by atoms with Crippen LogP contribution in [0.25, 0.3) is 0 Å². The highest BCUT2D eigenvalue weighted by Crippen LogP contribution is 2.29. The molecule has 7 nitrogen and oxygen atoms in total. The van der Waals surface area contributed by atoms with Crippen molar-refractivity contribution >= 4 is 11.6 Å². The molecule has 110 valence electrons. The lowest BCUT2D eigenvalue weighted by molar-refractivity contribution is -0.386. The molecule has 0 aliphatic rings. The van der Waals surface area contributed by atoms with Crippen molar-refractivity contribution in [3.8, 4) is 5.75 Å². The third-order valence-corrected chi connectivity index (χ3v) is 3.09. The summed E-state index contributed by atoms with van der Waals surface area (Å²) < 4.78 is 18.6. The lowest BCUT2D eigenvalue weighted by Crippen LogP contribution is -2.52. The van der Waals surface area contributed by atoms with Crippen LogP contribution in [0.15, 0.2) is 18.2 Å². The van der Waals surface area contributed by atoms with Crippen molar-refractivity contribution in [3.05, 3.63) is 34.1 Å². The van der Waals surface area contributed by atoms with E-state index in [2.05, 4.69) is 5.32 Å². The molecule has 1 aromatic rings. The Kier molecular flexibility index (Phi) is 4.98. The average molecular weight is 285 g/mol. The molecule has 1 rings (SSSR count). The molecule has 20 heavy (non-hydrogen) atoms. The molecule has 8 heteroatoms. The number of carbonyl (C=O) groups is 1. The second kappa shape index (κ2) is 6.29. The number of rotatable bonds is 7. The Labute approximate surface area is 115 Å². The minimum atomic E-state index is -1.03. The van der Waals surface area contributed by atoms with Gasteiger partial charge in [0.25, 0.3) is 0 Å². The summed E-state index contributed by atoms with van der Waals surface area (Å²) in [6.45, 7) is 1.47. The molecule has 0 saturated heterocycles. The molecule has 0 radical (unpaired) electrons. The van der Waals surface area contributed by atoms with Gasteiger partial charge in [-0.25, -0.2) is 4.39 Å². The van der Waals surface area contributed by atoms with E-state index >= 15 is 0 Å². The van der Waals surface area contributed by atoms with Gasteiger partial charge in [0.05, 0.1) is 17.1 Å². The van der Waals surface area contributed by atoms with Gasteiger partial charge in [0.2, 0.25) is 11.7 Å². The van der Waals surface area contributed by atoms with Crippen molar-refractivity contribution < 1.29 is 18.8 Å². The summed E-state index contributed by atoms with van der Waals surface area (Å²) in [5, 5.41) is 13.5. The number of hydrogen-bond acceptors (Lipinski definition) is 5. The predicted molar refractivity (Wildman–Crippen MR) is 69.8 cm³/mol. The smallest absolute Gasteiger partial charge is 0.314 e. The maximum atomic E-state index is 13.5. The van der Waals surface area contributed by atoms with Crippen LogP contribution in [0.1, 0.15) is 13.3 Å². The number of likely N-dealkylation sites (N-methyl/N-ethyl adjacent to an activating group) is 1. The van der Waals surface area contributed by atoms with Gasteiger partial charge in [-0.05, 0) is 20.0 Å². The fourth-order valence-corrected chi connectivity index (χ4v) is 1.51. The number of ether oxygens (including phenoxy) is 1. The van der Waals surface area contributed by atoms with Crippen molar-refractivity contribution in [1.29, 1.82) is 0 Å². The maximum absolute atomic E-state index is 13.5. The van der Waals surface area contributed by atoms with Gasteiger partial charge in [-0.15, -0.1) is 0 Å². The maximum Gasteiger partial charge on any atom is 0.314 e. The summed E-state index contributed by atoms with van der Waals surface area (Å²) in [7, 11) is 1.55. The number of hydrogen-bond donors (Lipinski definition) is 2. The van der Waals surface area contributed by atoms with Gasteiger partial charge in [0.1, 0.15) is 0 Å². The Morgan fingerprint density at radius 3 is 2.75 bits per heavy atom. The molecule has 1 aromatic carbocycles. The Hall–Kier alpha value is -2.22. The van der Waals surface area contributed by atoms with E-state index in [0.29, 0.717) is 0 Å². The summed E-state index contributed by atoms with van der Waals surface area (Å²) in [5.41, 5.74) is 3.74. The number of carbonyl (C=O) groups excluding carboxylic acids is 1. The quantitative estimate of drug-likeness (QED) is 0.573. The third-order valence-electron chi connectivity index (χ3n) is 3.09. The van der Waals surface area contributed by atoms with E-state index in [1.54, 1.807) is 14.0 Å². The predicted octanol–water partition coefficient (Wildman–Crippen LogP) is 0.966. The van der Waals surface area contributed by atoms with E-state index in [9.17, 15) is 19.3 Å². The molecule has 1 unspecified atom stereocenters. The van der Waals surface area contributed by atoms with Gasteiger partial charge in [-0.3, -0.25) is 14.9 Å². The van der Waals surface area contributed by atoms with E-state index in [1.807, 2.05) is 0 Å². The largest absolute Gasteiger partial charge is 0.485 e. The molecule has 3 N–H and O–H groups in total. The molecule has 0 bridgehead atoms. The van der Waals surface area contributed by atoms with Crippen molar-refractivity contribution in [3.63, 3.8) is 0 Å². The van der Waals surface area contributed by atoms with Gasteiger partial charge in [0.15, 0.2) is 5.82 Å². The van der Waals surface area contributed by atoms with Gasteiger partial charge in [0, 0.05) is 12.5 Å². The number of nitrogens with one attached hydrogen (secondary N) is 1. The second-order valence-corrected chi connectivity index (χ2v) is 4.39. The molecule has 0 spiro atoms. The molecule has 1 atom stereocenters. The fraction of sp³-hybridized carbons (Fsp3) is 0.417. The van der Waals surface area contributed by atoms with Crippen LogP contribution in [0.3, 0.4) is 0 Å². The number of primary amides is 1. The zero-order valence-corrected chi connectivity index (χ0v) is 11.2. The summed E-state index contributed by atoms with van der Waals surface area (Å²) >= 11 is 0. The highest BCUT2D eigenvalue weighted by Gasteiger charge is 2.29. The molecule has 0 saturated carbocycles. The molecule has 0 aromatic heterocycles. The standard InChI is InChI=1S/C12H16FN3O4/c1-12(15-2,11(14)17)6-7-20-10-8(13)4-3-5-9(10)16(18)19/h3-5,15H,6-7H2,1-2H3,(H2,14,17). The number of nitrogens with two attached hydrogens (primary N) is 1. The molecular formula is C12H16FN3O4. The number of amides is 1. The normalized spacial score (nSPS) is 13.6. The number of nitrogens with zero attached hydrogens (tertiary/aromatic N) is 1. The number of nitro groups is 1. The van der Waals surface area contributed by atoms with Crippen LogP contribution in [-0.4, -0.2) is 30.0 Å². The first-order valence-corrected chi connectivity index (χ1v) is 5.86. The van der Waals surface area contributed by atoms with Crippen molar-refractivity contribution in [2.45, 2.75) is 18.9 Å². The number of nitro benzene ring substituents is 1. The lowest BCUT2D eigenvalue weighted by Gasteiger charge is -2.25. The molecule has 0 aliphatic carbocycles. The van der Waals surface area contributed by atoms with Crippen molar-refractivity contribution in [2.75, 3.05) is 13.7 Å².